The van der Waals surface area contributed by atoms with Crippen molar-refractivity contribution in [1.29, 1.82) is 0 Å². The molecule has 2 saturated heterocycles. The fraction of sp³-hybridized carbons (Fsp3) is 1.00. The molecule has 0 aromatic heterocycles. The van der Waals surface area contributed by atoms with Crippen LogP contribution in [0.25, 0.3) is 0 Å². The zero-order chi connectivity index (χ0) is 7.57. The smallest absolute Gasteiger partial charge is 0.0972 e. The summed E-state index contributed by atoms with van der Waals surface area (Å²) in [6.45, 7) is 4.12. The number of nitrogens with one attached hydrogen (secondary N) is 2. The zero-order valence-electron chi connectivity index (χ0n) is 6.86. The first-order chi connectivity index (χ1) is 5.41. The van der Waals surface area contributed by atoms with E-state index in [1.165, 1.54) is 19.3 Å². The van der Waals surface area contributed by atoms with Crippen LogP contribution in [0.2, 0.25) is 0 Å². The maximum atomic E-state index is 5.76. The Bertz CT molecular complexity index is 107. The van der Waals surface area contributed by atoms with Gasteiger partial charge in [-0.05, 0) is 38.9 Å². The number of ether oxygens (including phenoxy) is 1. The average Bonchev–Trinajstić information content (AvgIpc) is 2.07. The number of hydrogen-bond donors (Lipinski definition) is 2. The van der Waals surface area contributed by atoms with Crippen molar-refractivity contribution in [3.8, 4) is 0 Å². The summed E-state index contributed by atoms with van der Waals surface area (Å²) in [5, 5.41) is 6.57. The Morgan fingerprint density at radius 2 is 1.55 bits per heavy atom. The minimum absolute atomic E-state index is 0.233. The van der Waals surface area contributed by atoms with Crippen LogP contribution in [0.4, 0.5) is 0 Å². The summed E-state index contributed by atoms with van der Waals surface area (Å²) in [5.74, 6) is 0. The Balaban J connectivity index is 1.94. The molecule has 0 atom stereocenters. The van der Waals surface area contributed by atoms with Crippen LogP contribution in [0.1, 0.15) is 19.3 Å². The van der Waals surface area contributed by atoms with Crippen molar-refractivity contribution in [3.63, 3.8) is 0 Å². The van der Waals surface area contributed by atoms with Gasteiger partial charge < -0.3 is 10.1 Å². The molecular formula is C8H16N2O. The Kier molecular flexibility index (Phi) is 2.11. The first-order valence-electron chi connectivity index (χ1n) is 4.47. The van der Waals surface area contributed by atoms with Crippen molar-refractivity contribution >= 4 is 0 Å². The van der Waals surface area contributed by atoms with Crippen LogP contribution < -0.4 is 10.6 Å². The van der Waals surface area contributed by atoms with Gasteiger partial charge in [0.1, 0.15) is 0 Å². The zero-order valence-corrected chi connectivity index (χ0v) is 6.86. The van der Waals surface area contributed by atoms with Gasteiger partial charge in [0.15, 0.2) is 0 Å². The lowest BCUT2D eigenvalue weighted by Crippen LogP contribution is -2.50. The highest BCUT2D eigenvalue weighted by Gasteiger charge is 2.34. The predicted octanol–water partition coefficient (Wildman–Crippen LogP) is 0.0760. The summed E-state index contributed by atoms with van der Waals surface area (Å²) in [5.41, 5.74) is 0.233. The highest BCUT2D eigenvalue weighted by atomic mass is 16.5. The second kappa shape index (κ2) is 3.09. The molecule has 0 aromatic rings. The van der Waals surface area contributed by atoms with Gasteiger partial charge >= 0.3 is 0 Å². The average molecular weight is 156 g/mol. The molecule has 2 aliphatic heterocycles. The molecule has 0 radical (unpaired) electrons. The Hall–Kier alpha value is -0.120. The number of rotatable bonds is 0. The summed E-state index contributed by atoms with van der Waals surface area (Å²) in [6.07, 6.45) is 3.57. The van der Waals surface area contributed by atoms with Gasteiger partial charge in [-0.2, -0.15) is 0 Å². The van der Waals surface area contributed by atoms with E-state index in [0.717, 1.165) is 26.4 Å². The maximum Gasteiger partial charge on any atom is 0.0972 e. The quantitative estimate of drug-likeness (QED) is 0.521. The first-order valence-corrected chi connectivity index (χ1v) is 4.47. The van der Waals surface area contributed by atoms with Crippen molar-refractivity contribution in [2.45, 2.75) is 24.9 Å². The third kappa shape index (κ3) is 1.55. The summed E-state index contributed by atoms with van der Waals surface area (Å²) >= 11 is 0. The van der Waals surface area contributed by atoms with Crippen LogP contribution >= 0.6 is 0 Å². The van der Waals surface area contributed by atoms with Crippen LogP contribution in [-0.4, -0.2) is 32.0 Å². The van der Waals surface area contributed by atoms with Gasteiger partial charge in [0, 0.05) is 0 Å². The van der Waals surface area contributed by atoms with E-state index >= 15 is 0 Å². The van der Waals surface area contributed by atoms with Crippen molar-refractivity contribution in [1.82, 2.24) is 10.6 Å². The van der Waals surface area contributed by atoms with E-state index in [1.807, 2.05) is 0 Å². The molecule has 11 heavy (non-hydrogen) atoms. The second-order valence-electron chi connectivity index (χ2n) is 3.47. The normalized spacial score (nSPS) is 30.5. The van der Waals surface area contributed by atoms with E-state index < -0.39 is 0 Å². The maximum absolute atomic E-state index is 5.76. The van der Waals surface area contributed by atoms with Crippen molar-refractivity contribution < 1.29 is 4.74 Å². The summed E-state index contributed by atoms with van der Waals surface area (Å²) < 4.78 is 5.76. The third-order valence-corrected chi connectivity index (χ3v) is 2.75. The topological polar surface area (TPSA) is 33.3 Å². The lowest BCUT2D eigenvalue weighted by molar-refractivity contribution is -0.100. The third-order valence-electron chi connectivity index (χ3n) is 2.75. The lowest BCUT2D eigenvalue weighted by atomic mass is 9.88. The molecule has 0 amide bonds. The molecule has 3 heteroatoms. The highest BCUT2D eigenvalue weighted by molar-refractivity contribution is 4.88. The SMILES string of the molecule is C1CC2(CCN1)CCNCO2. The standard InChI is InChI=1S/C8H16N2O/c1-4-9-5-2-8(1)3-6-10-7-11-8/h9-10H,1-7H2. The molecule has 2 heterocycles. The Labute approximate surface area is 67.5 Å². The monoisotopic (exact) mass is 156 g/mol. The van der Waals surface area contributed by atoms with Gasteiger partial charge in [0.2, 0.25) is 0 Å². The molecule has 2 N–H and O–H groups in total. The summed E-state index contributed by atoms with van der Waals surface area (Å²) in [6, 6.07) is 0. The van der Waals surface area contributed by atoms with Crippen molar-refractivity contribution in [2.24, 2.45) is 0 Å². The molecule has 64 valence electrons. The van der Waals surface area contributed by atoms with Gasteiger partial charge in [0.05, 0.1) is 12.3 Å². The number of piperidine rings is 1. The van der Waals surface area contributed by atoms with Crippen molar-refractivity contribution in [2.75, 3.05) is 26.4 Å². The Morgan fingerprint density at radius 3 is 2.18 bits per heavy atom. The molecule has 1 spiro atoms. The van der Waals surface area contributed by atoms with Crippen LogP contribution in [-0.2, 0) is 4.74 Å². The predicted molar refractivity (Wildman–Crippen MR) is 43.4 cm³/mol. The minimum atomic E-state index is 0.233. The van der Waals surface area contributed by atoms with Gasteiger partial charge in [-0.3, -0.25) is 5.32 Å². The molecule has 3 nitrogen and oxygen atoms in total. The summed E-state index contributed by atoms with van der Waals surface area (Å²) in [4.78, 5) is 0. The van der Waals surface area contributed by atoms with Crippen LogP contribution in [0, 0.1) is 0 Å². The highest BCUT2D eigenvalue weighted by Crippen LogP contribution is 2.27. The molecule has 2 fully saturated rings. The minimum Gasteiger partial charge on any atom is -0.360 e. The second-order valence-corrected chi connectivity index (χ2v) is 3.47. The molecule has 0 unspecified atom stereocenters. The largest absolute Gasteiger partial charge is 0.360 e. The van der Waals surface area contributed by atoms with E-state index in [9.17, 15) is 0 Å². The van der Waals surface area contributed by atoms with E-state index in [-0.39, 0.29) is 5.60 Å². The number of hydrogen-bond acceptors (Lipinski definition) is 3. The van der Waals surface area contributed by atoms with E-state index in [0.29, 0.717) is 0 Å². The van der Waals surface area contributed by atoms with E-state index in [4.69, 9.17) is 4.74 Å². The van der Waals surface area contributed by atoms with Gasteiger partial charge in [0.25, 0.3) is 0 Å². The molecule has 0 aliphatic carbocycles. The first kappa shape index (κ1) is 7.53. The molecule has 0 bridgehead atoms. The van der Waals surface area contributed by atoms with Gasteiger partial charge in [-0.1, -0.05) is 0 Å². The molecular weight excluding hydrogens is 140 g/mol. The van der Waals surface area contributed by atoms with E-state index in [1.54, 1.807) is 0 Å². The van der Waals surface area contributed by atoms with Crippen LogP contribution in [0.3, 0.4) is 0 Å². The lowest BCUT2D eigenvalue weighted by Gasteiger charge is -2.40. The van der Waals surface area contributed by atoms with E-state index in [2.05, 4.69) is 10.6 Å². The molecule has 2 rings (SSSR count). The Morgan fingerprint density at radius 1 is 0.909 bits per heavy atom. The molecule has 2 aliphatic rings. The fourth-order valence-electron chi connectivity index (χ4n) is 1.94. The molecule has 0 saturated carbocycles. The molecule has 0 aromatic carbocycles. The van der Waals surface area contributed by atoms with Crippen LogP contribution in [0.15, 0.2) is 0 Å². The fourth-order valence-corrected chi connectivity index (χ4v) is 1.94. The van der Waals surface area contributed by atoms with Crippen molar-refractivity contribution in [3.05, 3.63) is 0 Å². The van der Waals surface area contributed by atoms with Gasteiger partial charge in [-0.25, -0.2) is 0 Å². The van der Waals surface area contributed by atoms with Gasteiger partial charge in [-0.15, -0.1) is 0 Å². The van der Waals surface area contributed by atoms with Crippen LogP contribution in [0.5, 0.6) is 0 Å². The summed E-state index contributed by atoms with van der Waals surface area (Å²) in [7, 11) is 0.